The number of benzene rings is 1. The second-order valence-electron chi connectivity index (χ2n) is 3.12. The zero-order chi connectivity index (χ0) is 12.0. The Kier molecular flexibility index (Phi) is 4.54. The molecule has 0 amide bonds. The SMILES string of the molecule is COCC(C(=O)O)=C(OC)c1ccccc1. The molecule has 0 aromatic heterocycles. The molecular formula is C12H14O4. The third-order valence-electron chi connectivity index (χ3n) is 2.06. The highest BCUT2D eigenvalue weighted by Gasteiger charge is 2.16. The van der Waals surface area contributed by atoms with Crippen molar-refractivity contribution in [3.05, 3.63) is 41.5 Å². The Labute approximate surface area is 94.1 Å². The standard InChI is InChI=1S/C12H14O4/c1-15-8-10(12(13)14)11(16-2)9-6-4-3-5-7-9/h3-7H,8H2,1-2H3,(H,13,14). The quantitative estimate of drug-likeness (QED) is 0.609. The van der Waals surface area contributed by atoms with E-state index in [0.29, 0.717) is 5.76 Å². The topological polar surface area (TPSA) is 55.8 Å². The molecule has 1 N–H and O–H groups in total. The second kappa shape index (κ2) is 5.92. The summed E-state index contributed by atoms with van der Waals surface area (Å²) in [6.45, 7) is 0.00734. The number of rotatable bonds is 5. The molecule has 4 heteroatoms. The van der Waals surface area contributed by atoms with Crippen molar-refractivity contribution in [1.82, 2.24) is 0 Å². The van der Waals surface area contributed by atoms with Crippen LogP contribution in [-0.2, 0) is 14.3 Å². The summed E-state index contributed by atoms with van der Waals surface area (Å²) in [5.41, 5.74) is 0.829. The Hall–Kier alpha value is -1.81. The summed E-state index contributed by atoms with van der Waals surface area (Å²) in [5, 5.41) is 9.05. The van der Waals surface area contributed by atoms with Gasteiger partial charge in [-0.15, -0.1) is 0 Å². The van der Waals surface area contributed by atoms with E-state index in [0.717, 1.165) is 5.56 Å². The summed E-state index contributed by atoms with van der Waals surface area (Å²) in [4.78, 5) is 11.0. The average molecular weight is 222 g/mol. The summed E-state index contributed by atoms with van der Waals surface area (Å²) in [6, 6.07) is 9.07. The van der Waals surface area contributed by atoms with Gasteiger partial charge in [0, 0.05) is 12.7 Å². The van der Waals surface area contributed by atoms with E-state index in [4.69, 9.17) is 14.6 Å². The minimum atomic E-state index is -1.04. The number of carboxylic acids is 1. The molecule has 16 heavy (non-hydrogen) atoms. The smallest absolute Gasteiger partial charge is 0.337 e. The fraction of sp³-hybridized carbons (Fsp3) is 0.250. The zero-order valence-corrected chi connectivity index (χ0v) is 9.27. The molecule has 0 radical (unpaired) electrons. The van der Waals surface area contributed by atoms with Crippen LogP contribution in [0.15, 0.2) is 35.9 Å². The molecule has 0 aliphatic heterocycles. The lowest BCUT2D eigenvalue weighted by Crippen LogP contribution is -2.10. The molecule has 1 rings (SSSR count). The van der Waals surface area contributed by atoms with Gasteiger partial charge in [-0.3, -0.25) is 0 Å². The van der Waals surface area contributed by atoms with Gasteiger partial charge in [-0.25, -0.2) is 4.79 Å². The second-order valence-corrected chi connectivity index (χ2v) is 3.12. The first-order valence-electron chi connectivity index (χ1n) is 4.75. The highest BCUT2D eigenvalue weighted by molar-refractivity contribution is 5.95. The van der Waals surface area contributed by atoms with Gasteiger partial charge in [-0.05, 0) is 0 Å². The summed E-state index contributed by atoms with van der Waals surface area (Å²) in [7, 11) is 2.89. The van der Waals surface area contributed by atoms with Crippen LogP contribution in [0.3, 0.4) is 0 Å². The van der Waals surface area contributed by atoms with Gasteiger partial charge >= 0.3 is 5.97 Å². The molecule has 86 valence electrons. The van der Waals surface area contributed by atoms with Crippen molar-refractivity contribution in [3.8, 4) is 0 Å². The highest BCUT2D eigenvalue weighted by Crippen LogP contribution is 2.19. The van der Waals surface area contributed by atoms with Crippen LogP contribution >= 0.6 is 0 Å². The van der Waals surface area contributed by atoms with Crippen molar-refractivity contribution < 1.29 is 19.4 Å². The molecule has 0 saturated heterocycles. The minimum Gasteiger partial charge on any atom is -0.495 e. The van der Waals surface area contributed by atoms with E-state index in [2.05, 4.69) is 0 Å². The van der Waals surface area contributed by atoms with Crippen molar-refractivity contribution in [2.24, 2.45) is 0 Å². The Bertz CT molecular complexity index is 381. The number of hydrogen-bond donors (Lipinski definition) is 1. The first-order valence-corrected chi connectivity index (χ1v) is 4.75. The van der Waals surface area contributed by atoms with E-state index >= 15 is 0 Å². The number of carbonyl (C=O) groups is 1. The van der Waals surface area contributed by atoms with Gasteiger partial charge in [-0.2, -0.15) is 0 Å². The van der Waals surface area contributed by atoms with Crippen molar-refractivity contribution >= 4 is 11.7 Å². The van der Waals surface area contributed by atoms with Crippen LogP contribution in [0.25, 0.3) is 5.76 Å². The monoisotopic (exact) mass is 222 g/mol. The highest BCUT2D eigenvalue weighted by atomic mass is 16.5. The fourth-order valence-corrected chi connectivity index (χ4v) is 1.37. The van der Waals surface area contributed by atoms with E-state index in [1.54, 1.807) is 12.1 Å². The third kappa shape index (κ3) is 2.84. The Morgan fingerprint density at radius 1 is 1.25 bits per heavy atom. The van der Waals surface area contributed by atoms with E-state index in [-0.39, 0.29) is 12.2 Å². The fourth-order valence-electron chi connectivity index (χ4n) is 1.37. The first-order chi connectivity index (χ1) is 7.70. The summed E-state index contributed by atoms with van der Waals surface area (Å²) >= 11 is 0. The molecule has 0 atom stereocenters. The van der Waals surface area contributed by atoms with Gasteiger partial charge in [0.2, 0.25) is 0 Å². The van der Waals surface area contributed by atoms with Gasteiger partial charge < -0.3 is 14.6 Å². The van der Waals surface area contributed by atoms with E-state index < -0.39 is 5.97 Å². The third-order valence-corrected chi connectivity index (χ3v) is 2.06. The number of aliphatic carboxylic acids is 1. The van der Waals surface area contributed by atoms with E-state index in [9.17, 15) is 4.79 Å². The Balaban J connectivity index is 3.20. The van der Waals surface area contributed by atoms with Crippen molar-refractivity contribution in [2.45, 2.75) is 0 Å². The largest absolute Gasteiger partial charge is 0.495 e. The van der Waals surface area contributed by atoms with Crippen molar-refractivity contribution in [1.29, 1.82) is 0 Å². The first kappa shape index (κ1) is 12.3. The maximum absolute atomic E-state index is 11.0. The van der Waals surface area contributed by atoms with Gasteiger partial charge in [0.1, 0.15) is 11.3 Å². The van der Waals surface area contributed by atoms with E-state index in [1.165, 1.54) is 14.2 Å². The molecule has 1 aromatic carbocycles. The molecule has 0 fully saturated rings. The van der Waals surface area contributed by atoms with Crippen LogP contribution in [-0.4, -0.2) is 31.9 Å². The maximum atomic E-state index is 11.0. The van der Waals surface area contributed by atoms with Crippen LogP contribution in [0.5, 0.6) is 0 Å². The molecule has 0 saturated carbocycles. The van der Waals surface area contributed by atoms with Crippen molar-refractivity contribution in [3.63, 3.8) is 0 Å². The maximum Gasteiger partial charge on any atom is 0.337 e. The van der Waals surface area contributed by atoms with Gasteiger partial charge in [0.15, 0.2) is 0 Å². The molecule has 0 unspecified atom stereocenters. The molecule has 0 bridgehead atoms. The normalized spacial score (nSPS) is 11.9. The Morgan fingerprint density at radius 2 is 1.88 bits per heavy atom. The minimum absolute atomic E-state index is 0.00734. The lowest BCUT2D eigenvalue weighted by atomic mass is 10.1. The summed E-state index contributed by atoms with van der Waals surface area (Å²) in [6.07, 6.45) is 0. The molecule has 4 nitrogen and oxygen atoms in total. The van der Waals surface area contributed by atoms with Crippen LogP contribution in [0.2, 0.25) is 0 Å². The number of ether oxygens (including phenoxy) is 2. The lowest BCUT2D eigenvalue weighted by molar-refractivity contribution is -0.133. The van der Waals surface area contributed by atoms with Crippen LogP contribution in [0, 0.1) is 0 Å². The predicted octanol–water partition coefficient (Wildman–Crippen LogP) is 1.78. The van der Waals surface area contributed by atoms with Crippen LogP contribution < -0.4 is 0 Å². The van der Waals surface area contributed by atoms with Gasteiger partial charge in [0.05, 0.1) is 13.7 Å². The average Bonchev–Trinajstić information content (AvgIpc) is 2.30. The number of methoxy groups -OCH3 is 2. The van der Waals surface area contributed by atoms with Crippen LogP contribution in [0.4, 0.5) is 0 Å². The zero-order valence-electron chi connectivity index (χ0n) is 9.27. The van der Waals surface area contributed by atoms with Gasteiger partial charge in [-0.1, -0.05) is 30.3 Å². The molecule has 0 heterocycles. The number of hydrogen-bond acceptors (Lipinski definition) is 3. The van der Waals surface area contributed by atoms with Crippen molar-refractivity contribution in [2.75, 3.05) is 20.8 Å². The predicted molar refractivity (Wildman–Crippen MR) is 59.9 cm³/mol. The summed E-state index contributed by atoms with van der Waals surface area (Å²) < 4.78 is 9.98. The summed E-state index contributed by atoms with van der Waals surface area (Å²) in [5.74, 6) is -0.711. The Morgan fingerprint density at radius 3 is 2.31 bits per heavy atom. The molecule has 0 aliphatic rings. The molecule has 0 spiro atoms. The molecule has 1 aromatic rings. The molecule has 0 aliphatic carbocycles. The van der Waals surface area contributed by atoms with Gasteiger partial charge in [0.25, 0.3) is 0 Å². The molecular weight excluding hydrogens is 208 g/mol. The van der Waals surface area contributed by atoms with E-state index in [1.807, 2.05) is 18.2 Å². The number of carboxylic acid groups (broad SMARTS) is 1. The van der Waals surface area contributed by atoms with Crippen LogP contribution in [0.1, 0.15) is 5.56 Å². The lowest BCUT2D eigenvalue weighted by Gasteiger charge is -2.10.